The van der Waals surface area contributed by atoms with Crippen LogP contribution in [-0.2, 0) is 25.3 Å². The van der Waals surface area contributed by atoms with Gasteiger partial charge in [0.25, 0.3) is 11.8 Å². The van der Waals surface area contributed by atoms with Crippen LogP contribution in [-0.4, -0.2) is 28.9 Å². The summed E-state index contributed by atoms with van der Waals surface area (Å²) in [5.74, 6) is -0.303. The van der Waals surface area contributed by atoms with Gasteiger partial charge in [-0.3, -0.25) is 0 Å². The first-order valence-electron chi connectivity index (χ1n) is 13.2. The summed E-state index contributed by atoms with van der Waals surface area (Å²) in [4.78, 5) is 13.7. The van der Waals surface area contributed by atoms with E-state index in [-0.39, 0.29) is 29.9 Å². The van der Waals surface area contributed by atoms with E-state index in [1.54, 1.807) is 13.8 Å². The number of hydrogen-bond acceptors (Lipinski definition) is 4. The van der Waals surface area contributed by atoms with E-state index in [2.05, 4.69) is 74.9 Å². The average Bonchev–Trinajstić information content (AvgIpc) is 3.43. The number of carbonyl (C=O) groups excluding carboxylic acids is 1. The van der Waals surface area contributed by atoms with Gasteiger partial charge >= 0.3 is 5.97 Å². The number of benzene rings is 2. The maximum Gasteiger partial charge on any atom is 0.346 e. The molecule has 0 bridgehead atoms. The minimum atomic E-state index is -0.634. The Kier molecular flexibility index (Phi) is 7.29. The maximum atomic E-state index is 13.7. The molecule has 0 atom stereocenters. The average molecular weight is 516 g/mol. The van der Waals surface area contributed by atoms with E-state index in [0.717, 1.165) is 33.7 Å². The van der Waals surface area contributed by atoms with E-state index >= 15 is 0 Å². The van der Waals surface area contributed by atoms with Gasteiger partial charge in [0.1, 0.15) is 23.5 Å². The Morgan fingerprint density at radius 2 is 1.34 bits per heavy atom. The number of imidazole rings is 1. The van der Waals surface area contributed by atoms with Crippen LogP contribution in [0.25, 0.3) is 22.3 Å². The zero-order chi connectivity index (χ0) is 27.8. The molecule has 0 saturated carbocycles. The van der Waals surface area contributed by atoms with Gasteiger partial charge < -0.3 is 14.6 Å². The maximum absolute atomic E-state index is 13.7. The Balaban J connectivity index is 2.30. The summed E-state index contributed by atoms with van der Waals surface area (Å²) in [5.41, 5.74) is 4.88. The normalized spacial score (nSPS) is 13.5. The monoisotopic (exact) mass is 515 g/mol. The van der Waals surface area contributed by atoms with Gasteiger partial charge in [0.2, 0.25) is 0 Å². The van der Waals surface area contributed by atoms with Crippen molar-refractivity contribution in [1.82, 2.24) is 4.57 Å². The van der Waals surface area contributed by atoms with Crippen molar-refractivity contribution in [3.63, 3.8) is 0 Å². The van der Waals surface area contributed by atoms with Crippen molar-refractivity contribution < 1.29 is 23.9 Å². The van der Waals surface area contributed by atoms with Gasteiger partial charge in [-0.05, 0) is 77.6 Å². The summed E-state index contributed by atoms with van der Waals surface area (Å²) in [6.45, 7) is 16.6. The Hall–Kier alpha value is -3.80. The molecule has 1 aliphatic rings. The van der Waals surface area contributed by atoms with Crippen molar-refractivity contribution in [2.75, 3.05) is 13.2 Å². The van der Waals surface area contributed by atoms with E-state index in [1.807, 2.05) is 36.7 Å². The third-order valence-corrected chi connectivity index (χ3v) is 6.65. The molecule has 1 heterocycles. The highest BCUT2D eigenvalue weighted by atomic mass is 16.6. The van der Waals surface area contributed by atoms with E-state index in [9.17, 15) is 9.90 Å². The fourth-order valence-electron chi connectivity index (χ4n) is 5.06. The van der Waals surface area contributed by atoms with Gasteiger partial charge in [-0.1, -0.05) is 48.5 Å². The zero-order valence-corrected chi connectivity index (χ0v) is 23.8. The number of nitrogens with zero attached hydrogens (tertiary/aromatic N) is 2. The number of aromatic nitrogens is 2. The molecule has 4 rings (SSSR count). The van der Waals surface area contributed by atoms with Crippen LogP contribution in [0, 0.1) is 0 Å². The Morgan fingerprint density at radius 3 is 1.79 bits per heavy atom. The number of carbonyl (C=O) groups is 1. The molecule has 38 heavy (non-hydrogen) atoms. The fraction of sp³-hybridized carbons (Fsp3) is 0.375. The van der Waals surface area contributed by atoms with Crippen molar-refractivity contribution in [1.29, 1.82) is 0 Å². The van der Waals surface area contributed by atoms with Crippen LogP contribution >= 0.6 is 0 Å². The SMILES string of the molecule is CCOC(=O)C(=C(O)OCC)C(=C1c2ccccc2-c2ccccc21)c1n(C(C)(C)C)cc[n+]1C(C)(C)C. The molecule has 2 aromatic carbocycles. The predicted molar refractivity (Wildman–Crippen MR) is 150 cm³/mol. The topological polar surface area (TPSA) is 64.6 Å². The molecule has 6 nitrogen and oxygen atoms in total. The number of ether oxygens (including phenoxy) is 2. The number of hydrogen-bond donors (Lipinski definition) is 1. The molecule has 200 valence electrons. The highest BCUT2D eigenvalue weighted by Crippen LogP contribution is 2.49. The van der Waals surface area contributed by atoms with Gasteiger partial charge in [0, 0.05) is 5.57 Å². The molecule has 0 fully saturated rings. The third kappa shape index (κ3) is 4.75. The first-order valence-corrected chi connectivity index (χ1v) is 13.2. The van der Waals surface area contributed by atoms with E-state index < -0.39 is 11.9 Å². The lowest BCUT2D eigenvalue weighted by Crippen LogP contribution is -2.53. The number of fused-ring (bicyclic) bond motifs is 3. The first kappa shape index (κ1) is 27.2. The van der Waals surface area contributed by atoms with E-state index in [4.69, 9.17) is 9.47 Å². The van der Waals surface area contributed by atoms with Gasteiger partial charge in [0.05, 0.1) is 18.8 Å². The highest BCUT2D eigenvalue weighted by molar-refractivity contribution is 6.19. The number of aliphatic hydroxyl groups is 1. The van der Waals surface area contributed by atoms with Gasteiger partial charge in [0.15, 0.2) is 5.57 Å². The van der Waals surface area contributed by atoms with Gasteiger partial charge in [-0.2, -0.15) is 0 Å². The molecule has 0 radical (unpaired) electrons. The fourth-order valence-corrected chi connectivity index (χ4v) is 5.06. The molecule has 0 saturated heterocycles. The molecule has 1 aromatic heterocycles. The lowest BCUT2D eigenvalue weighted by Gasteiger charge is -2.25. The van der Waals surface area contributed by atoms with Crippen LogP contribution in [0.1, 0.15) is 72.3 Å². The Labute approximate surface area is 225 Å². The van der Waals surface area contributed by atoms with Crippen molar-refractivity contribution in [3.05, 3.63) is 89.4 Å². The summed E-state index contributed by atoms with van der Waals surface area (Å²) in [6, 6.07) is 16.4. The van der Waals surface area contributed by atoms with Crippen LogP contribution < -0.4 is 4.57 Å². The quantitative estimate of drug-likeness (QED) is 0.136. The van der Waals surface area contributed by atoms with Crippen LogP contribution in [0.5, 0.6) is 0 Å². The molecule has 0 amide bonds. The van der Waals surface area contributed by atoms with Crippen molar-refractivity contribution in [3.8, 4) is 11.1 Å². The smallest absolute Gasteiger partial charge is 0.346 e. The zero-order valence-electron chi connectivity index (χ0n) is 23.8. The molecule has 0 unspecified atom stereocenters. The second kappa shape index (κ2) is 10.2. The number of aliphatic hydroxyl groups excluding tert-OH is 1. The predicted octanol–water partition coefficient (Wildman–Crippen LogP) is 6.59. The highest BCUT2D eigenvalue weighted by Gasteiger charge is 2.42. The molecule has 1 aliphatic carbocycles. The van der Waals surface area contributed by atoms with Crippen molar-refractivity contribution in [2.24, 2.45) is 0 Å². The largest absolute Gasteiger partial charge is 0.480 e. The van der Waals surface area contributed by atoms with Crippen LogP contribution in [0.4, 0.5) is 0 Å². The molecule has 0 spiro atoms. The summed E-state index contributed by atoms with van der Waals surface area (Å²) in [5, 5.41) is 11.3. The van der Waals surface area contributed by atoms with E-state index in [0.29, 0.717) is 5.57 Å². The summed E-state index contributed by atoms with van der Waals surface area (Å²) in [7, 11) is 0. The Bertz CT molecular complexity index is 1350. The molecular weight excluding hydrogens is 476 g/mol. The third-order valence-electron chi connectivity index (χ3n) is 6.65. The van der Waals surface area contributed by atoms with Crippen LogP contribution in [0.2, 0.25) is 0 Å². The molecule has 6 heteroatoms. The lowest BCUT2D eigenvalue weighted by molar-refractivity contribution is -0.755. The standard InChI is InChI=1S/C32H38N2O4/c1-9-37-29(35)27(30(36)38-10-2)26(28-33(31(3,4)5)19-20-34(28)32(6,7)8)25-23-17-13-11-15-21(23)22-16-12-14-18-24(22)25/h11-20H,9-10H2,1-8H3/p+1. The number of esters is 1. The Morgan fingerprint density at radius 1 is 0.842 bits per heavy atom. The van der Waals surface area contributed by atoms with Gasteiger partial charge in [-0.15, -0.1) is 0 Å². The molecule has 0 aliphatic heterocycles. The summed E-state index contributed by atoms with van der Waals surface area (Å²) in [6.07, 6.45) is 4.07. The molecular formula is C32H39N2O4+. The second-order valence-electron chi connectivity index (χ2n) is 11.4. The number of rotatable bonds is 6. The second-order valence-corrected chi connectivity index (χ2v) is 11.4. The summed E-state index contributed by atoms with van der Waals surface area (Å²) < 4.78 is 15.5. The first-order chi connectivity index (χ1) is 17.9. The van der Waals surface area contributed by atoms with Crippen LogP contribution in [0.15, 0.2) is 72.4 Å². The molecule has 1 N–H and O–H groups in total. The van der Waals surface area contributed by atoms with Gasteiger partial charge in [-0.25, -0.2) is 13.9 Å². The van der Waals surface area contributed by atoms with Crippen molar-refractivity contribution in [2.45, 2.75) is 66.5 Å². The minimum Gasteiger partial charge on any atom is -0.480 e. The molecule has 3 aromatic rings. The van der Waals surface area contributed by atoms with Crippen molar-refractivity contribution >= 4 is 17.1 Å². The van der Waals surface area contributed by atoms with E-state index in [1.165, 1.54) is 0 Å². The minimum absolute atomic E-state index is 0.0115. The lowest BCUT2D eigenvalue weighted by atomic mass is 9.91. The van der Waals surface area contributed by atoms with Crippen LogP contribution in [0.3, 0.4) is 0 Å². The summed E-state index contributed by atoms with van der Waals surface area (Å²) >= 11 is 0.